The lowest BCUT2D eigenvalue weighted by Crippen LogP contribution is -2.44. The first-order chi connectivity index (χ1) is 6.04. The minimum atomic E-state index is -0.144. The second kappa shape index (κ2) is 2.61. The van der Waals surface area contributed by atoms with E-state index in [1.54, 1.807) is 5.01 Å². The van der Waals surface area contributed by atoms with Crippen LogP contribution in [0.15, 0.2) is 11.6 Å². The normalized spacial score (nSPS) is 25.5. The van der Waals surface area contributed by atoms with E-state index in [2.05, 4.69) is 17.9 Å². The largest absolute Gasteiger partial charge is 0.303 e. The average molecular weight is 185 g/mol. The Bertz CT molecular complexity index is 256. The fraction of sp³-hybridized carbons (Fsp3) is 0.778. The summed E-state index contributed by atoms with van der Waals surface area (Å²) in [5, 5.41) is 1.61. The zero-order valence-corrected chi connectivity index (χ0v) is 8.32. The summed E-state index contributed by atoms with van der Waals surface area (Å²) in [6, 6.07) is 0. The molecular formula is C9H16FN3. The van der Waals surface area contributed by atoms with Gasteiger partial charge in [-0.3, -0.25) is 5.01 Å². The minimum absolute atomic E-state index is 0.00623. The zero-order valence-electron chi connectivity index (χ0n) is 8.32. The molecule has 4 heteroatoms. The summed E-state index contributed by atoms with van der Waals surface area (Å²) >= 11 is 0. The van der Waals surface area contributed by atoms with Crippen LogP contribution >= 0.6 is 0 Å². The van der Waals surface area contributed by atoms with Gasteiger partial charge in [-0.2, -0.15) is 4.39 Å². The van der Waals surface area contributed by atoms with Crippen molar-refractivity contribution < 1.29 is 4.39 Å². The molecule has 0 spiro atoms. The lowest BCUT2D eigenvalue weighted by atomic mass is 10.1. The third-order valence-corrected chi connectivity index (χ3v) is 2.81. The highest BCUT2D eigenvalue weighted by molar-refractivity contribution is 5.16. The Morgan fingerprint density at radius 1 is 1.46 bits per heavy atom. The summed E-state index contributed by atoms with van der Waals surface area (Å²) in [6.07, 6.45) is 2.11. The van der Waals surface area contributed by atoms with Gasteiger partial charge in [0.1, 0.15) is 0 Å². The van der Waals surface area contributed by atoms with Crippen LogP contribution in [0.4, 0.5) is 4.39 Å². The maximum absolute atomic E-state index is 13.7. The van der Waals surface area contributed by atoms with Crippen LogP contribution in [0.25, 0.3) is 0 Å². The van der Waals surface area contributed by atoms with E-state index in [9.17, 15) is 4.39 Å². The molecule has 0 unspecified atom stereocenters. The van der Waals surface area contributed by atoms with Crippen LogP contribution in [0.3, 0.4) is 0 Å². The van der Waals surface area contributed by atoms with Gasteiger partial charge in [0.2, 0.25) is 5.95 Å². The van der Waals surface area contributed by atoms with Crippen LogP contribution in [0, 0.1) is 5.92 Å². The highest BCUT2D eigenvalue weighted by Gasteiger charge is 2.47. The maximum Gasteiger partial charge on any atom is 0.226 e. The molecule has 2 rings (SSSR count). The van der Waals surface area contributed by atoms with Crippen molar-refractivity contribution in [3.05, 3.63) is 11.6 Å². The van der Waals surface area contributed by atoms with Crippen molar-refractivity contribution in [2.24, 2.45) is 5.92 Å². The second-order valence-electron chi connectivity index (χ2n) is 4.43. The van der Waals surface area contributed by atoms with Gasteiger partial charge in [0.05, 0.1) is 11.2 Å². The SMILES string of the molecule is CC(C)C1=C(F)N(C2(C)CC2)NN1. The van der Waals surface area contributed by atoms with Crippen LogP contribution in [0.5, 0.6) is 0 Å². The van der Waals surface area contributed by atoms with Crippen molar-refractivity contribution >= 4 is 0 Å². The molecular weight excluding hydrogens is 169 g/mol. The predicted octanol–water partition coefficient (Wildman–Crippen LogP) is 1.66. The molecule has 1 heterocycles. The fourth-order valence-electron chi connectivity index (χ4n) is 1.50. The summed E-state index contributed by atoms with van der Waals surface area (Å²) in [5.41, 5.74) is 6.41. The first-order valence-corrected chi connectivity index (χ1v) is 4.76. The summed E-state index contributed by atoms with van der Waals surface area (Å²) in [7, 11) is 0. The van der Waals surface area contributed by atoms with E-state index >= 15 is 0 Å². The van der Waals surface area contributed by atoms with Crippen LogP contribution < -0.4 is 11.0 Å². The molecule has 13 heavy (non-hydrogen) atoms. The van der Waals surface area contributed by atoms with Gasteiger partial charge in [-0.1, -0.05) is 13.8 Å². The van der Waals surface area contributed by atoms with Crippen LogP contribution in [-0.2, 0) is 0 Å². The third kappa shape index (κ3) is 1.29. The van der Waals surface area contributed by atoms with Gasteiger partial charge >= 0.3 is 0 Å². The Morgan fingerprint density at radius 2 is 2.08 bits per heavy atom. The Kier molecular flexibility index (Phi) is 1.77. The van der Waals surface area contributed by atoms with E-state index in [-0.39, 0.29) is 17.4 Å². The minimum Gasteiger partial charge on any atom is -0.303 e. The van der Waals surface area contributed by atoms with E-state index in [1.165, 1.54) is 0 Å². The van der Waals surface area contributed by atoms with E-state index in [4.69, 9.17) is 0 Å². The Hall–Kier alpha value is -0.770. The molecule has 0 saturated heterocycles. The zero-order chi connectivity index (χ0) is 9.64. The second-order valence-corrected chi connectivity index (χ2v) is 4.43. The van der Waals surface area contributed by atoms with Crippen molar-refractivity contribution in [1.29, 1.82) is 0 Å². The molecule has 1 saturated carbocycles. The summed E-state index contributed by atoms with van der Waals surface area (Å²) in [4.78, 5) is 0. The van der Waals surface area contributed by atoms with Crippen LogP contribution in [-0.4, -0.2) is 10.5 Å². The van der Waals surface area contributed by atoms with Gasteiger partial charge in [0, 0.05) is 0 Å². The third-order valence-electron chi connectivity index (χ3n) is 2.81. The molecule has 0 aromatic carbocycles. The summed E-state index contributed by atoms with van der Waals surface area (Å²) in [5.74, 6) is 0.0508. The fourth-order valence-corrected chi connectivity index (χ4v) is 1.50. The topological polar surface area (TPSA) is 27.3 Å². The van der Waals surface area contributed by atoms with Crippen molar-refractivity contribution in [3.8, 4) is 0 Å². The standard InChI is InChI=1S/C9H16FN3/c1-6(2)7-8(10)13(12-11-7)9(3)4-5-9/h6,11-12H,4-5H2,1-3H3. The van der Waals surface area contributed by atoms with Gasteiger partial charge in [-0.25, -0.2) is 0 Å². The average Bonchev–Trinajstić information content (AvgIpc) is 2.63. The Morgan fingerprint density at radius 3 is 2.46 bits per heavy atom. The van der Waals surface area contributed by atoms with E-state index < -0.39 is 0 Å². The van der Waals surface area contributed by atoms with Crippen molar-refractivity contribution in [3.63, 3.8) is 0 Å². The highest BCUT2D eigenvalue weighted by Crippen LogP contribution is 2.43. The number of nitrogens with one attached hydrogen (secondary N) is 2. The Labute approximate surface area is 77.9 Å². The highest BCUT2D eigenvalue weighted by atomic mass is 19.1. The van der Waals surface area contributed by atoms with E-state index in [1.807, 2.05) is 13.8 Å². The summed E-state index contributed by atoms with van der Waals surface area (Å²) in [6.45, 7) is 6.01. The molecule has 0 bridgehead atoms. The Balaban J connectivity index is 2.18. The van der Waals surface area contributed by atoms with Gasteiger partial charge in [0.25, 0.3) is 0 Å². The van der Waals surface area contributed by atoms with Gasteiger partial charge in [-0.15, -0.1) is 5.53 Å². The van der Waals surface area contributed by atoms with Gasteiger partial charge < -0.3 is 5.43 Å². The predicted molar refractivity (Wildman–Crippen MR) is 48.7 cm³/mol. The first-order valence-electron chi connectivity index (χ1n) is 4.76. The van der Waals surface area contributed by atoms with E-state index in [0.29, 0.717) is 5.70 Å². The molecule has 74 valence electrons. The van der Waals surface area contributed by atoms with Crippen LogP contribution in [0.1, 0.15) is 33.6 Å². The lowest BCUT2D eigenvalue weighted by molar-refractivity contribution is 0.136. The maximum atomic E-state index is 13.7. The molecule has 0 atom stereocenters. The van der Waals surface area contributed by atoms with Crippen molar-refractivity contribution in [2.45, 2.75) is 39.2 Å². The first kappa shape index (κ1) is 8.81. The number of nitrogens with zero attached hydrogens (tertiary/aromatic N) is 1. The number of allylic oxidation sites excluding steroid dienone is 1. The van der Waals surface area contributed by atoms with E-state index in [0.717, 1.165) is 12.8 Å². The number of hydrazine groups is 2. The van der Waals surface area contributed by atoms with Crippen molar-refractivity contribution in [2.75, 3.05) is 0 Å². The number of rotatable bonds is 2. The van der Waals surface area contributed by atoms with Crippen molar-refractivity contribution in [1.82, 2.24) is 16.0 Å². The quantitative estimate of drug-likeness (QED) is 0.641. The molecule has 3 nitrogen and oxygen atoms in total. The number of halogens is 1. The molecule has 0 aromatic heterocycles. The molecule has 2 aliphatic rings. The molecule has 0 aromatic rings. The molecule has 1 fully saturated rings. The van der Waals surface area contributed by atoms with Gasteiger partial charge in [0.15, 0.2) is 0 Å². The van der Waals surface area contributed by atoms with Gasteiger partial charge in [-0.05, 0) is 25.7 Å². The summed E-state index contributed by atoms with van der Waals surface area (Å²) < 4.78 is 13.7. The molecule has 0 amide bonds. The molecule has 1 aliphatic carbocycles. The number of hydrogen-bond acceptors (Lipinski definition) is 3. The monoisotopic (exact) mass is 185 g/mol. The number of hydrogen-bond donors (Lipinski definition) is 2. The lowest BCUT2D eigenvalue weighted by Gasteiger charge is -2.23. The molecule has 0 radical (unpaired) electrons. The molecule has 2 N–H and O–H groups in total. The molecule has 1 aliphatic heterocycles. The van der Waals surface area contributed by atoms with Crippen LogP contribution in [0.2, 0.25) is 0 Å². The smallest absolute Gasteiger partial charge is 0.226 e.